The van der Waals surface area contributed by atoms with Gasteiger partial charge in [0.25, 0.3) is 10.0 Å². The predicted molar refractivity (Wildman–Crippen MR) is 137 cm³/mol. The predicted octanol–water partition coefficient (Wildman–Crippen LogP) is 6.35. The fraction of sp³-hybridized carbons (Fsp3) is 0.0385. The summed E-state index contributed by atoms with van der Waals surface area (Å²) in [4.78, 5) is 17.1. The van der Waals surface area contributed by atoms with Crippen LogP contribution < -0.4 is 14.5 Å². The molecule has 5 rings (SSSR count). The van der Waals surface area contributed by atoms with Gasteiger partial charge in [0.2, 0.25) is 0 Å². The zero-order valence-corrected chi connectivity index (χ0v) is 19.9. The van der Waals surface area contributed by atoms with Gasteiger partial charge in [-0.05, 0) is 60.7 Å². The topological polar surface area (TPSA) is 69.7 Å². The van der Waals surface area contributed by atoms with Crippen molar-refractivity contribution in [2.45, 2.75) is 14.7 Å². The van der Waals surface area contributed by atoms with Gasteiger partial charge in [0.1, 0.15) is 0 Å². The van der Waals surface area contributed by atoms with E-state index in [-0.39, 0.29) is 10.9 Å². The van der Waals surface area contributed by atoms with Gasteiger partial charge in [-0.3, -0.25) is 9.21 Å². The number of rotatable bonds is 4. The highest BCUT2D eigenvalue weighted by Crippen LogP contribution is 2.48. The summed E-state index contributed by atoms with van der Waals surface area (Å²) in [5.41, 5.74) is 2.67. The molecule has 0 saturated carbocycles. The standard InChI is InChI=1S/C26H21N3O3S2/c1-28(20-9-3-2-4-10-20)34(31,32)21-17-15-19(16-18-21)27-26(30)29-22-11-5-7-13-24(22)33-25-14-8-6-12-23(25)29/h2-18H,1H3,(H,27,30). The number of carbonyl (C=O) groups is 1. The minimum Gasteiger partial charge on any atom is -0.307 e. The molecule has 0 saturated heterocycles. The maximum Gasteiger partial charge on any atom is 0.331 e. The summed E-state index contributed by atoms with van der Waals surface area (Å²) in [6.07, 6.45) is 0. The Kier molecular flexibility index (Phi) is 5.77. The molecule has 0 aromatic heterocycles. The number of hydrogen-bond donors (Lipinski definition) is 1. The third-order valence-corrected chi connectivity index (χ3v) is 8.45. The van der Waals surface area contributed by atoms with E-state index in [0.29, 0.717) is 11.4 Å². The van der Waals surface area contributed by atoms with E-state index >= 15 is 0 Å². The number of nitrogens with zero attached hydrogens (tertiary/aromatic N) is 2. The molecular weight excluding hydrogens is 466 g/mol. The summed E-state index contributed by atoms with van der Waals surface area (Å²) in [5, 5.41) is 2.90. The van der Waals surface area contributed by atoms with Gasteiger partial charge in [-0.15, -0.1) is 0 Å². The lowest BCUT2D eigenvalue weighted by Gasteiger charge is -2.31. The van der Waals surface area contributed by atoms with Gasteiger partial charge in [-0.25, -0.2) is 13.2 Å². The van der Waals surface area contributed by atoms with Crippen molar-refractivity contribution in [3.8, 4) is 0 Å². The van der Waals surface area contributed by atoms with Crippen LogP contribution in [-0.4, -0.2) is 21.5 Å². The number of anilines is 4. The van der Waals surface area contributed by atoms with Crippen molar-refractivity contribution in [1.29, 1.82) is 0 Å². The molecular formula is C26H21N3O3S2. The van der Waals surface area contributed by atoms with Crippen molar-refractivity contribution < 1.29 is 13.2 Å². The van der Waals surface area contributed by atoms with Gasteiger partial charge in [-0.1, -0.05) is 54.2 Å². The van der Waals surface area contributed by atoms with Crippen LogP contribution in [-0.2, 0) is 10.0 Å². The first-order chi connectivity index (χ1) is 16.4. The van der Waals surface area contributed by atoms with Crippen LogP contribution >= 0.6 is 11.8 Å². The van der Waals surface area contributed by atoms with Gasteiger partial charge in [0, 0.05) is 22.5 Å². The average Bonchev–Trinajstić information content (AvgIpc) is 2.87. The molecule has 2 amide bonds. The van der Waals surface area contributed by atoms with Gasteiger partial charge in [-0.2, -0.15) is 0 Å². The third-order valence-electron chi connectivity index (χ3n) is 5.52. The van der Waals surface area contributed by atoms with Crippen LogP contribution in [0.1, 0.15) is 0 Å². The normalized spacial score (nSPS) is 12.4. The van der Waals surface area contributed by atoms with Crippen LogP contribution in [0.2, 0.25) is 0 Å². The highest BCUT2D eigenvalue weighted by atomic mass is 32.2. The van der Waals surface area contributed by atoms with Gasteiger partial charge in [0.15, 0.2) is 0 Å². The Bertz CT molecular complexity index is 1410. The second-order valence-corrected chi connectivity index (χ2v) is 10.7. The van der Waals surface area contributed by atoms with Crippen molar-refractivity contribution in [1.82, 2.24) is 0 Å². The van der Waals surface area contributed by atoms with E-state index in [2.05, 4.69) is 5.32 Å². The lowest BCUT2D eigenvalue weighted by molar-refractivity contribution is 0.259. The average molecular weight is 488 g/mol. The molecule has 0 radical (unpaired) electrons. The summed E-state index contributed by atoms with van der Waals surface area (Å²) in [7, 11) is -2.21. The van der Waals surface area contributed by atoms with Crippen molar-refractivity contribution >= 4 is 50.6 Å². The van der Waals surface area contributed by atoms with Crippen molar-refractivity contribution in [3.63, 3.8) is 0 Å². The first kappa shape index (κ1) is 22.1. The van der Waals surface area contributed by atoms with Gasteiger partial charge in [0.05, 0.1) is 22.0 Å². The molecule has 1 aliphatic rings. The fourth-order valence-corrected chi connectivity index (χ4v) is 6.00. The van der Waals surface area contributed by atoms with Crippen LogP contribution in [0, 0.1) is 0 Å². The first-order valence-corrected chi connectivity index (χ1v) is 12.8. The SMILES string of the molecule is CN(c1ccccc1)S(=O)(=O)c1ccc(NC(=O)N2c3ccccc3Sc3ccccc32)cc1. The van der Waals surface area contributed by atoms with Crippen LogP contribution in [0.5, 0.6) is 0 Å². The van der Waals surface area contributed by atoms with Crippen LogP contribution in [0.15, 0.2) is 118 Å². The van der Waals surface area contributed by atoms with E-state index in [1.54, 1.807) is 53.1 Å². The van der Waals surface area contributed by atoms with Crippen LogP contribution in [0.25, 0.3) is 0 Å². The molecule has 0 unspecified atom stereocenters. The maximum absolute atomic E-state index is 13.3. The van der Waals surface area contributed by atoms with Crippen molar-refractivity contribution in [3.05, 3.63) is 103 Å². The molecule has 34 heavy (non-hydrogen) atoms. The fourth-order valence-electron chi connectivity index (χ4n) is 3.75. The second kappa shape index (κ2) is 8.89. The Balaban J connectivity index is 1.40. The molecule has 170 valence electrons. The second-order valence-electron chi connectivity index (χ2n) is 7.64. The Labute approximate surface area is 202 Å². The molecule has 4 aromatic rings. The first-order valence-electron chi connectivity index (χ1n) is 10.6. The van der Waals surface area contributed by atoms with Crippen LogP contribution in [0.3, 0.4) is 0 Å². The highest BCUT2D eigenvalue weighted by Gasteiger charge is 2.28. The maximum atomic E-state index is 13.3. The number of para-hydroxylation sites is 3. The molecule has 0 spiro atoms. The summed E-state index contributed by atoms with van der Waals surface area (Å²) >= 11 is 1.62. The highest BCUT2D eigenvalue weighted by molar-refractivity contribution is 7.99. The Morgan fingerprint density at radius 3 is 1.88 bits per heavy atom. The lowest BCUT2D eigenvalue weighted by atomic mass is 10.2. The zero-order chi connectivity index (χ0) is 23.7. The molecule has 1 heterocycles. The molecule has 0 bridgehead atoms. The Morgan fingerprint density at radius 1 is 0.765 bits per heavy atom. The monoisotopic (exact) mass is 487 g/mol. The molecule has 4 aromatic carbocycles. The number of fused-ring (bicyclic) bond motifs is 2. The van der Waals surface area contributed by atoms with E-state index < -0.39 is 10.0 Å². The Morgan fingerprint density at radius 2 is 1.29 bits per heavy atom. The summed E-state index contributed by atoms with van der Waals surface area (Å²) in [6, 6.07) is 30.2. The van der Waals surface area contributed by atoms with E-state index in [0.717, 1.165) is 21.2 Å². The lowest BCUT2D eigenvalue weighted by Crippen LogP contribution is -2.32. The van der Waals surface area contributed by atoms with Gasteiger partial charge >= 0.3 is 6.03 Å². The summed E-state index contributed by atoms with van der Waals surface area (Å²) in [5.74, 6) is 0. The number of hydrogen-bond acceptors (Lipinski definition) is 4. The quantitative estimate of drug-likeness (QED) is 0.364. The van der Waals surface area contributed by atoms with Crippen molar-refractivity contribution in [2.75, 3.05) is 21.6 Å². The number of urea groups is 1. The van der Waals surface area contributed by atoms with E-state index in [1.807, 2.05) is 54.6 Å². The largest absolute Gasteiger partial charge is 0.331 e. The van der Waals surface area contributed by atoms with Crippen molar-refractivity contribution in [2.24, 2.45) is 0 Å². The number of benzene rings is 4. The minimum atomic E-state index is -3.73. The summed E-state index contributed by atoms with van der Waals surface area (Å²) in [6.45, 7) is 0. The smallest absolute Gasteiger partial charge is 0.307 e. The number of carbonyl (C=O) groups excluding carboxylic acids is 1. The molecule has 0 aliphatic carbocycles. The molecule has 6 nitrogen and oxygen atoms in total. The number of sulfonamides is 1. The number of amides is 2. The van der Waals surface area contributed by atoms with E-state index in [1.165, 1.54) is 23.5 Å². The zero-order valence-electron chi connectivity index (χ0n) is 18.3. The molecule has 0 atom stereocenters. The third kappa shape index (κ3) is 4.02. The minimum absolute atomic E-state index is 0.141. The summed E-state index contributed by atoms with van der Waals surface area (Å²) < 4.78 is 27.3. The van der Waals surface area contributed by atoms with E-state index in [4.69, 9.17) is 0 Å². The molecule has 8 heteroatoms. The molecule has 1 aliphatic heterocycles. The number of nitrogens with one attached hydrogen (secondary N) is 1. The van der Waals surface area contributed by atoms with Gasteiger partial charge < -0.3 is 5.32 Å². The van der Waals surface area contributed by atoms with E-state index in [9.17, 15) is 13.2 Å². The molecule has 1 N–H and O–H groups in total. The van der Waals surface area contributed by atoms with Crippen LogP contribution in [0.4, 0.5) is 27.5 Å². The Hall–Kier alpha value is -3.75. The molecule has 0 fully saturated rings.